The van der Waals surface area contributed by atoms with Gasteiger partial charge in [-0.05, 0) is 62.9 Å². The smallest absolute Gasteiger partial charge is 0.408 e. The van der Waals surface area contributed by atoms with Crippen molar-refractivity contribution in [2.24, 2.45) is 0 Å². The Morgan fingerprint density at radius 3 is 2.39 bits per heavy atom. The van der Waals surface area contributed by atoms with E-state index < -0.39 is 11.7 Å². The molecule has 0 radical (unpaired) electrons. The van der Waals surface area contributed by atoms with Gasteiger partial charge < -0.3 is 20.7 Å². The molecule has 0 aliphatic rings. The van der Waals surface area contributed by atoms with Gasteiger partial charge in [-0.2, -0.15) is 0 Å². The van der Waals surface area contributed by atoms with Crippen LogP contribution in [-0.2, 0) is 27.3 Å². The first-order valence-electron chi connectivity index (χ1n) is 10.3. The summed E-state index contributed by atoms with van der Waals surface area (Å²) in [5.41, 5.74) is 3.17. The number of hydrogen-bond acceptors (Lipinski definition) is 4. The molecule has 0 aliphatic heterocycles. The van der Waals surface area contributed by atoms with Crippen LogP contribution in [0, 0.1) is 6.92 Å². The van der Waals surface area contributed by atoms with Crippen molar-refractivity contribution in [3.63, 3.8) is 0 Å². The SMILES string of the molecule is Cc1ccccc1CCC(=O)NCc1cccc(NC(=O)CNC(=O)OC(C)(C)C)c1. The Balaban J connectivity index is 1.77. The first-order chi connectivity index (χ1) is 14.6. The summed E-state index contributed by atoms with van der Waals surface area (Å²) >= 11 is 0. The molecule has 0 atom stereocenters. The van der Waals surface area contributed by atoms with Crippen LogP contribution in [0.3, 0.4) is 0 Å². The zero-order chi connectivity index (χ0) is 22.9. The summed E-state index contributed by atoms with van der Waals surface area (Å²) in [6.45, 7) is 7.45. The third kappa shape index (κ3) is 9.33. The molecule has 7 nitrogen and oxygen atoms in total. The molecule has 3 N–H and O–H groups in total. The van der Waals surface area contributed by atoms with Gasteiger partial charge in [-0.1, -0.05) is 36.4 Å². The van der Waals surface area contributed by atoms with Gasteiger partial charge in [0.2, 0.25) is 11.8 Å². The average molecular weight is 426 g/mol. The lowest BCUT2D eigenvalue weighted by atomic mass is 10.0. The van der Waals surface area contributed by atoms with E-state index in [1.165, 1.54) is 11.1 Å². The van der Waals surface area contributed by atoms with Crippen molar-refractivity contribution < 1.29 is 19.1 Å². The van der Waals surface area contributed by atoms with Gasteiger partial charge in [0.1, 0.15) is 12.1 Å². The topological polar surface area (TPSA) is 96.5 Å². The lowest BCUT2D eigenvalue weighted by Crippen LogP contribution is -2.37. The van der Waals surface area contributed by atoms with E-state index in [4.69, 9.17) is 4.74 Å². The Hall–Kier alpha value is -3.35. The highest BCUT2D eigenvalue weighted by molar-refractivity contribution is 5.93. The van der Waals surface area contributed by atoms with Gasteiger partial charge in [-0.15, -0.1) is 0 Å². The maximum absolute atomic E-state index is 12.2. The molecule has 7 heteroatoms. The summed E-state index contributed by atoms with van der Waals surface area (Å²) in [6, 6.07) is 15.2. The summed E-state index contributed by atoms with van der Waals surface area (Å²) in [5.74, 6) is -0.399. The minimum absolute atomic E-state index is 0.0285. The second kappa shape index (κ2) is 11.2. The molecule has 0 aliphatic carbocycles. The van der Waals surface area contributed by atoms with E-state index in [0.29, 0.717) is 25.1 Å². The second-order valence-corrected chi connectivity index (χ2v) is 8.31. The third-order valence-electron chi connectivity index (χ3n) is 4.38. The Bertz CT molecular complexity index is 919. The molecular weight excluding hydrogens is 394 g/mol. The van der Waals surface area contributed by atoms with E-state index in [2.05, 4.69) is 16.0 Å². The molecule has 0 saturated carbocycles. The second-order valence-electron chi connectivity index (χ2n) is 8.31. The number of amides is 3. The first kappa shape index (κ1) is 23.9. The zero-order valence-corrected chi connectivity index (χ0v) is 18.6. The summed E-state index contributed by atoms with van der Waals surface area (Å²) < 4.78 is 5.10. The van der Waals surface area contributed by atoms with E-state index in [1.54, 1.807) is 39.0 Å². The van der Waals surface area contributed by atoms with Gasteiger partial charge in [-0.3, -0.25) is 9.59 Å². The highest BCUT2D eigenvalue weighted by Crippen LogP contribution is 2.12. The van der Waals surface area contributed by atoms with Crippen LogP contribution < -0.4 is 16.0 Å². The van der Waals surface area contributed by atoms with Crippen LogP contribution >= 0.6 is 0 Å². The van der Waals surface area contributed by atoms with Gasteiger partial charge in [-0.25, -0.2) is 4.79 Å². The molecule has 166 valence electrons. The molecule has 0 fully saturated rings. The van der Waals surface area contributed by atoms with Gasteiger partial charge in [0.25, 0.3) is 0 Å². The number of carbonyl (C=O) groups excluding carboxylic acids is 3. The Kier molecular flexibility index (Phi) is 8.61. The highest BCUT2D eigenvalue weighted by atomic mass is 16.6. The number of carbonyl (C=O) groups is 3. The number of rotatable bonds is 8. The fourth-order valence-corrected chi connectivity index (χ4v) is 2.86. The van der Waals surface area contributed by atoms with Crippen LogP contribution in [0.4, 0.5) is 10.5 Å². The van der Waals surface area contributed by atoms with E-state index in [0.717, 1.165) is 5.56 Å². The van der Waals surface area contributed by atoms with E-state index in [-0.39, 0.29) is 18.4 Å². The molecule has 0 saturated heterocycles. The molecule has 31 heavy (non-hydrogen) atoms. The van der Waals surface area contributed by atoms with Crippen LogP contribution in [0.1, 0.15) is 43.9 Å². The largest absolute Gasteiger partial charge is 0.444 e. The Labute approximate surface area is 183 Å². The lowest BCUT2D eigenvalue weighted by Gasteiger charge is -2.19. The number of aryl methyl sites for hydroxylation is 2. The molecule has 0 heterocycles. The van der Waals surface area contributed by atoms with Crippen LogP contribution in [-0.4, -0.2) is 30.1 Å². The summed E-state index contributed by atoms with van der Waals surface area (Å²) in [6.07, 6.45) is 0.460. The average Bonchev–Trinajstić information content (AvgIpc) is 2.69. The van der Waals surface area contributed by atoms with Crippen molar-refractivity contribution in [3.8, 4) is 0 Å². The van der Waals surface area contributed by atoms with Crippen molar-refractivity contribution >= 4 is 23.6 Å². The van der Waals surface area contributed by atoms with E-state index in [1.807, 2.05) is 37.3 Å². The van der Waals surface area contributed by atoms with Gasteiger partial charge in [0, 0.05) is 18.7 Å². The normalized spacial score (nSPS) is 10.8. The first-order valence-corrected chi connectivity index (χ1v) is 10.3. The molecule has 0 spiro atoms. The van der Waals surface area contributed by atoms with Gasteiger partial charge in [0.05, 0.1) is 0 Å². The predicted octanol–water partition coefficient (Wildman–Crippen LogP) is 3.71. The maximum Gasteiger partial charge on any atom is 0.408 e. The van der Waals surface area contributed by atoms with Gasteiger partial charge >= 0.3 is 6.09 Å². The fraction of sp³-hybridized carbons (Fsp3) is 0.375. The standard InChI is InChI=1S/C24H31N3O4/c1-17-8-5-6-10-19(17)12-13-21(28)25-15-18-9-7-11-20(14-18)27-22(29)16-26-23(30)31-24(2,3)4/h5-11,14H,12-13,15-16H2,1-4H3,(H,25,28)(H,26,30)(H,27,29). The molecule has 0 unspecified atom stereocenters. The lowest BCUT2D eigenvalue weighted by molar-refractivity contribution is -0.121. The fourth-order valence-electron chi connectivity index (χ4n) is 2.86. The zero-order valence-electron chi connectivity index (χ0n) is 18.6. The van der Waals surface area contributed by atoms with Gasteiger partial charge in [0.15, 0.2) is 0 Å². The maximum atomic E-state index is 12.2. The number of ether oxygens (including phenoxy) is 1. The van der Waals surface area contributed by atoms with Crippen LogP contribution in [0.15, 0.2) is 48.5 Å². The number of anilines is 1. The molecule has 0 aromatic heterocycles. The summed E-state index contributed by atoms with van der Waals surface area (Å²) in [4.78, 5) is 35.9. The van der Waals surface area contributed by atoms with Crippen LogP contribution in [0.25, 0.3) is 0 Å². The molecule has 2 aromatic carbocycles. The van der Waals surface area contributed by atoms with Crippen molar-refractivity contribution in [2.75, 3.05) is 11.9 Å². The van der Waals surface area contributed by atoms with Crippen molar-refractivity contribution in [3.05, 3.63) is 65.2 Å². The minimum atomic E-state index is -0.648. The molecule has 2 rings (SSSR count). The number of hydrogen-bond donors (Lipinski definition) is 3. The Morgan fingerprint density at radius 1 is 0.935 bits per heavy atom. The van der Waals surface area contributed by atoms with Crippen LogP contribution in [0.5, 0.6) is 0 Å². The molecule has 3 amide bonds. The predicted molar refractivity (Wildman–Crippen MR) is 121 cm³/mol. The van der Waals surface area contributed by atoms with E-state index >= 15 is 0 Å². The Morgan fingerprint density at radius 2 is 1.68 bits per heavy atom. The summed E-state index contributed by atoms with van der Waals surface area (Å²) in [7, 11) is 0. The van der Waals surface area contributed by atoms with Crippen molar-refractivity contribution in [1.29, 1.82) is 0 Å². The number of alkyl carbamates (subject to hydrolysis) is 1. The third-order valence-corrected chi connectivity index (χ3v) is 4.38. The molecular formula is C24H31N3O4. The van der Waals surface area contributed by atoms with Crippen LogP contribution in [0.2, 0.25) is 0 Å². The summed E-state index contributed by atoms with van der Waals surface area (Å²) in [5, 5.41) is 8.04. The quantitative estimate of drug-likeness (QED) is 0.601. The molecule has 0 bridgehead atoms. The highest BCUT2D eigenvalue weighted by Gasteiger charge is 2.16. The molecule has 2 aromatic rings. The monoisotopic (exact) mass is 425 g/mol. The number of benzene rings is 2. The number of nitrogens with one attached hydrogen (secondary N) is 3. The van der Waals surface area contributed by atoms with E-state index in [9.17, 15) is 14.4 Å². The van der Waals surface area contributed by atoms with Crippen molar-refractivity contribution in [1.82, 2.24) is 10.6 Å². The van der Waals surface area contributed by atoms with Crippen molar-refractivity contribution in [2.45, 2.75) is 52.7 Å². The minimum Gasteiger partial charge on any atom is -0.444 e.